The van der Waals surface area contributed by atoms with Crippen LogP contribution in [0.4, 0.5) is 0 Å². The van der Waals surface area contributed by atoms with Gasteiger partial charge >= 0.3 is 11.6 Å². The summed E-state index contributed by atoms with van der Waals surface area (Å²) in [6.45, 7) is -0.263. The van der Waals surface area contributed by atoms with Crippen LogP contribution in [0.3, 0.4) is 0 Å². The summed E-state index contributed by atoms with van der Waals surface area (Å²) in [5.41, 5.74) is -0.0877. The van der Waals surface area contributed by atoms with E-state index >= 15 is 0 Å². The van der Waals surface area contributed by atoms with Crippen LogP contribution < -0.4 is 15.1 Å². The molecule has 0 aliphatic rings. The van der Waals surface area contributed by atoms with Gasteiger partial charge in [0.2, 0.25) is 0 Å². The number of carbonyl (C=O) groups is 1. The van der Waals surface area contributed by atoms with Crippen LogP contribution in [0.2, 0.25) is 5.02 Å². The van der Waals surface area contributed by atoms with Crippen molar-refractivity contribution in [1.82, 2.24) is 0 Å². The highest BCUT2D eigenvalue weighted by Crippen LogP contribution is 2.26. The lowest BCUT2D eigenvalue weighted by Gasteiger charge is -2.08. The van der Waals surface area contributed by atoms with E-state index in [0.29, 0.717) is 21.7 Å². The van der Waals surface area contributed by atoms with Crippen molar-refractivity contribution in [3.05, 3.63) is 82.2 Å². The molecule has 0 aliphatic carbocycles. The second-order valence-corrected chi connectivity index (χ2v) is 6.25. The second-order valence-electron chi connectivity index (χ2n) is 5.81. The third kappa shape index (κ3) is 3.64. The Hall–Kier alpha value is -3.31. The largest absolute Gasteiger partial charge is 0.482 e. The molecule has 0 unspecified atom stereocenters. The fourth-order valence-corrected chi connectivity index (χ4v) is 2.88. The molecule has 0 N–H and O–H groups in total. The molecule has 0 radical (unpaired) electrons. The van der Waals surface area contributed by atoms with Crippen molar-refractivity contribution in [2.24, 2.45) is 0 Å². The van der Waals surface area contributed by atoms with Gasteiger partial charge in [0, 0.05) is 16.5 Å². The number of esters is 1. The quantitative estimate of drug-likeness (QED) is 0.224. The zero-order chi connectivity index (χ0) is 18.8. The van der Waals surface area contributed by atoms with Crippen molar-refractivity contribution < 1.29 is 18.7 Å². The molecule has 27 heavy (non-hydrogen) atoms. The van der Waals surface area contributed by atoms with Crippen LogP contribution in [0, 0.1) is 0 Å². The number of hydrogen-bond donors (Lipinski definition) is 0. The molecule has 1 aromatic heterocycles. The van der Waals surface area contributed by atoms with E-state index in [-0.39, 0.29) is 12.4 Å². The molecule has 0 saturated carbocycles. The molecule has 0 fully saturated rings. The van der Waals surface area contributed by atoms with Crippen LogP contribution in [0.1, 0.15) is 0 Å². The molecule has 3 aromatic carbocycles. The zero-order valence-electron chi connectivity index (χ0n) is 14.0. The van der Waals surface area contributed by atoms with Gasteiger partial charge in [-0.2, -0.15) is 0 Å². The highest BCUT2D eigenvalue weighted by Gasteiger charge is 2.11. The van der Waals surface area contributed by atoms with E-state index in [1.54, 1.807) is 48.5 Å². The number of benzene rings is 3. The Labute approximate surface area is 158 Å². The third-order valence-electron chi connectivity index (χ3n) is 3.99. The van der Waals surface area contributed by atoms with Crippen LogP contribution in [0.5, 0.6) is 11.5 Å². The van der Waals surface area contributed by atoms with Gasteiger partial charge < -0.3 is 13.9 Å². The molecular formula is C21H13ClO5. The van der Waals surface area contributed by atoms with E-state index in [0.717, 1.165) is 10.8 Å². The monoisotopic (exact) mass is 380 g/mol. The summed E-state index contributed by atoms with van der Waals surface area (Å²) in [6.07, 6.45) is 0. The molecule has 4 aromatic rings. The fraction of sp³-hybridized carbons (Fsp3) is 0.0476. The van der Waals surface area contributed by atoms with Gasteiger partial charge in [-0.05, 0) is 47.9 Å². The third-order valence-corrected chi connectivity index (χ3v) is 4.25. The molecular weight excluding hydrogens is 368 g/mol. The Kier molecular flexibility index (Phi) is 4.52. The maximum absolute atomic E-state index is 12.1. The van der Waals surface area contributed by atoms with Gasteiger partial charge in [-0.25, -0.2) is 9.59 Å². The average Bonchev–Trinajstić information content (AvgIpc) is 2.68. The molecule has 0 atom stereocenters. The number of halogens is 1. The molecule has 0 bridgehead atoms. The van der Waals surface area contributed by atoms with Crippen LogP contribution in [0.15, 0.2) is 75.9 Å². The minimum Gasteiger partial charge on any atom is -0.482 e. The maximum Gasteiger partial charge on any atom is 0.349 e. The first-order valence-corrected chi connectivity index (χ1v) is 8.52. The Morgan fingerprint density at radius 1 is 0.889 bits per heavy atom. The van der Waals surface area contributed by atoms with E-state index in [2.05, 4.69) is 0 Å². The average molecular weight is 381 g/mol. The minimum atomic E-state index is -0.576. The molecule has 0 spiro atoms. The van der Waals surface area contributed by atoms with E-state index < -0.39 is 11.6 Å². The van der Waals surface area contributed by atoms with Crippen molar-refractivity contribution in [1.29, 1.82) is 0 Å². The standard InChI is InChI=1S/C21H13ClO5/c22-13-5-7-14(8-6-13)25-12-20(23)26-15-9-10-17-16-3-1-2-4-18(16)21(24)27-19(17)11-15/h1-11H,12H2. The first kappa shape index (κ1) is 17.1. The summed E-state index contributed by atoms with van der Waals surface area (Å²) in [5.74, 6) is 0.199. The zero-order valence-corrected chi connectivity index (χ0v) is 14.7. The summed E-state index contributed by atoms with van der Waals surface area (Å²) in [4.78, 5) is 24.1. The molecule has 6 heteroatoms. The fourth-order valence-electron chi connectivity index (χ4n) is 2.76. The Balaban J connectivity index is 1.53. The molecule has 134 valence electrons. The number of rotatable bonds is 4. The van der Waals surface area contributed by atoms with Crippen molar-refractivity contribution >= 4 is 39.3 Å². The minimum absolute atomic E-state index is 0.263. The summed E-state index contributed by atoms with van der Waals surface area (Å²) >= 11 is 5.80. The summed E-state index contributed by atoms with van der Waals surface area (Å²) in [5, 5.41) is 2.64. The van der Waals surface area contributed by atoms with Gasteiger partial charge in [-0.15, -0.1) is 0 Å². The van der Waals surface area contributed by atoms with Gasteiger partial charge in [0.05, 0.1) is 5.39 Å². The lowest BCUT2D eigenvalue weighted by molar-refractivity contribution is -0.136. The van der Waals surface area contributed by atoms with Gasteiger partial charge in [0.1, 0.15) is 17.1 Å². The molecule has 4 rings (SSSR count). The normalized spacial score (nSPS) is 10.9. The lowest BCUT2D eigenvalue weighted by Crippen LogP contribution is -2.17. The Morgan fingerprint density at radius 3 is 2.37 bits per heavy atom. The molecule has 0 amide bonds. The highest BCUT2D eigenvalue weighted by atomic mass is 35.5. The molecule has 0 aliphatic heterocycles. The number of fused-ring (bicyclic) bond motifs is 3. The number of ether oxygens (including phenoxy) is 2. The van der Waals surface area contributed by atoms with Crippen LogP contribution in [-0.4, -0.2) is 12.6 Å². The molecule has 5 nitrogen and oxygen atoms in total. The van der Waals surface area contributed by atoms with E-state index in [1.807, 2.05) is 12.1 Å². The molecule has 1 heterocycles. The SMILES string of the molecule is O=C(COc1ccc(Cl)cc1)Oc1ccc2c(c1)oc(=O)c1ccccc12. The predicted octanol–water partition coefficient (Wildman–Crippen LogP) is 4.58. The molecule has 0 saturated heterocycles. The van der Waals surface area contributed by atoms with Gasteiger partial charge in [-0.3, -0.25) is 0 Å². The lowest BCUT2D eigenvalue weighted by atomic mass is 10.1. The smallest absolute Gasteiger partial charge is 0.349 e. The van der Waals surface area contributed by atoms with Gasteiger partial charge in [0.15, 0.2) is 6.61 Å². The van der Waals surface area contributed by atoms with Crippen LogP contribution >= 0.6 is 11.6 Å². The summed E-state index contributed by atoms with van der Waals surface area (Å²) in [6, 6.07) is 18.8. The maximum atomic E-state index is 12.1. The first-order valence-electron chi connectivity index (χ1n) is 8.15. The van der Waals surface area contributed by atoms with Crippen molar-refractivity contribution in [3.8, 4) is 11.5 Å². The van der Waals surface area contributed by atoms with Gasteiger partial charge in [0.25, 0.3) is 0 Å². The Morgan fingerprint density at radius 2 is 1.59 bits per heavy atom. The number of hydrogen-bond acceptors (Lipinski definition) is 5. The summed E-state index contributed by atoms with van der Waals surface area (Å²) in [7, 11) is 0. The van der Waals surface area contributed by atoms with E-state index in [9.17, 15) is 9.59 Å². The van der Waals surface area contributed by atoms with Crippen molar-refractivity contribution in [3.63, 3.8) is 0 Å². The van der Waals surface area contributed by atoms with E-state index in [4.69, 9.17) is 25.5 Å². The second kappa shape index (κ2) is 7.13. The van der Waals surface area contributed by atoms with Crippen molar-refractivity contribution in [2.45, 2.75) is 0 Å². The summed E-state index contributed by atoms with van der Waals surface area (Å²) < 4.78 is 16.0. The topological polar surface area (TPSA) is 65.7 Å². The van der Waals surface area contributed by atoms with Gasteiger partial charge in [-0.1, -0.05) is 29.8 Å². The van der Waals surface area contributed by atoms with Crippen LogP contribution in [-0.2, 0) is 4.79 Å². The van der Waals surface area contributed by atoms with Crippen molar-refractivity contribution in [2.75, 3.05) is 6.61 Å². The highest BCUT2D eigenvalue weighted by molar-refractivity contribution is 6.30. The first-order chi connectivity index (χ1) is 13.1. The van der Waals surface area contributed by atoms with Crippen LogP contribution in [0.25, 0.3) is 21.7 Å². The van der Waals surface area contributed by atoms with E-state index in [1.165, 1.54) is 6.07 Å². The predicted molar refractivity (Wildman–Crippen MR) is 103 cm³/mol. The number of carbonyl (C=O) groups excluding carboxylic acids is 1. The Bertz CT molecular complexity index is 1190.